The zero-order valence-corrected chi connectivity index (χ0v) is 10.1. The van der Waals surface area contributed by atoms with E-state index in [2.05, 4.69) is 29.5 Å². The molecular weight excluding hydrogens is 190 g/mol. The summed E-state index contributed by atoms with van der Waals surface area (Å²) in [6.45, 7) is 8.98. The van der Waals surface area contributed by atoms with Crippen LogP contribution in [0, 0.1) is 5.92 Å². The van der Waals surface area contributed by atoms with Crippen LogP contribution in [0.3, 0.4) is 0 Å². The number of hydrogen-bond acceptors (Lipinski definition) is 2. The summed E-state index contributed by atoms with van der Waals surface area (Å²) in [5.74, 6) is 1.20. The van der Waals surface area contributed by atoms with E-state index < -0.39 is 5.54 Å². The van der Waals surface area contributed by atoms with E-state index in [1.54, 1.807) is 0 Å². The van der Waals surface area contributed by atoms with Crippen molar-refractivity contribution in [2.24, 2.45) is 10.9 Å². The van der Waals surface area contributed by atoms with Gasteiger partial charge in [-0.15, -0.1) is 0 Å². The number of amides is 1. The molecule has 0 saturated carbocycles. The zero-order chi connectivity index (χ0) is 11.5. The zero-order valence-electron chi connectivity index (χ0n) is 10.1. The molecule has 0 aromatic carbocycles. The highest BCUT2D eigenvalue weighted by Gasteiger charge is 2.41. The molecule has 86 valence electrons. The number of aliphatic imine (C=N–C) groups is 1. The number of carbonyl (C=O) groups is 1. The van der Waals surface area contributed by atoms with Crippen molar-refractivity contribution in [3.8, 4) is 0 Å². The van der Waals surface area contributed by atoms with E-state index >= 15 is 0 Å². The molecule has 0 bridgehead atoms. The Kier molecular flexibility index (Phi) is 3.72. The van der Waals surface area contributed by atoms with Crippen LogP contribution in [-0.4, -0.2) is 24.0 Å². The molecule has 0 aromatic rings. The van der Waals surface area contributed by atoms with Crippen molar-refractivity contribution in [1.29, 1.82) is 0 Å². The van der Waals surface area contributed by atoms with Crippen LogP contribution in [0.2, 0.25) is 0 Å². The fraction of sp³-hybridized carbons (Fsp3) is 0.818. The average Bonchev–Trinajstić information content (AvgIpc) is 2.53. The van der Waals surface area contributed by atoms with Crippen molar-refractivity contribution in [3.05, 3.63) is 0 Å². The molecule has 0 atom stereocenters. The normalized spacial score (nSPS) is 21.9. The van der Waals surface area contributed by atoms with Gasteiger partial charge in [-0.3, -0.25) is 15.1 Å². The standard InChI is InChI=1S/C11H21N3O/c1-5-11(6-2)9(15)13-10(14-11)12-7-8(3)4/h8H,5-7H2,1-4H3,(H2,12,13,14,15). The van der Waals surface area contributed by atoms with Crippen LogP contribution in [0.1, 0.15) is 40.5 Å². The Bertz CT molecular complexity index is 267. The van der Waals surface area contributed by atoms with Crippen molar-refractivity contribution in [2.75, 3.05) is 6.54 Å². The molecule has 0 spiro atoms. The van der Waals surface area contributed by atoms with Gasteiger partial charge in [0.2, 0.25) is 0 Å². The van der Waals surface area contributed by atoms with Crippen LogP contribution >= 0.6 is 0 Å². The summed E-state index contributed by atoms with van der Waals surface area (Å²) in [6.07, 6.45) is 1.58. The lowest BCUT2D eigenvalue weighted by molar-refractivity contribution is -0.124. The van der Waals surface area contributed by atoms with Crippen LogP contribution in [0.5, 0.6) is 0 Å². The maximum Gasteiger partial charge on any atom is 0.252 e. The first-order valence-electron chi connectivity index (χ1n) is 5.68. The summed E-state index contributed by atoms with van der Waals surface area (Å²) < 4.78 is 0. The number of rotatable bonds is 4. The molecule has 1 amide bonds. The first-order valence-corrected chi connectivity index (χ1v) is 5.68. The molecule has 0 radical (unpaired) electrons. The first kappa shape index (κ1) is 12.0. The largest absolute Gasteiger partial charge is 0.342 e. The molecule has 1 heterocycles. The molecule has 4 nitrogen and oxygen atoms in total. The molecule has 1 aliphatic rings. The highest BCUT2D eigenvalue weighted by molar-refractivity contribution is 6.08. The molecule has 1 rings (SSSR count). The predicted molar refractivity (Wildman–Crippen MR) is 61.7 cm³/mol. The number of hydrogen-bond donors (Lipinski definition) is 2. The van der Waals surface area contributed by atoms with Gasteiger partial charge in [0, 0.05) is 6.54 Å². The molecule has 15 heavy (non-hydrogen) atoms. The fourth-order valence-electron chi connectivity index (χ4n) is 1.64. The van der Waals surface area contributed by atoms with Crippen molar-refractivity contribution < 1.29 is 4.79 Å². The summed E-state index contributed by atoms with van der Waals surface area (Å²) in [7, 11) is 0. The van der Waals surface area contributed by atoms with E-state index in [0.29, 0.717) is 11.9 Å². The number of guanidine groups is 1. The maximum absolute atomic E-state index is 11.8. The van der Waals surface area contributed by atoms with Crippen LogP contribution in [0.15, 0.2) is 4.99 Å². The van der Waals surface area contributed by atoms with Crippen LogP contribution in [0.4, 0.5) is 0 Å². The Labute approximate surface area is 91.5 Å². The van der Waals surface area contributed by atoms with E-state index in [9.17, 15) is 4.79 Å². The van der Waals surface area contributed by atoms with Crippen LogP contribution in [-0.2, 0) is 4.79 Å². The van der Waals surface area contributed by atoms with Gasteiger partial charge in [-0.25, -0.2) is 0 Å². The Balaban J connectivity index is 2.70. The molecule has 1 saturated heterocycles. The van der Waals surface area contributed by atoms with E-state index in [0.717, 1.165) is 19.4 Å². The van der Waals surface area contributed by atoms with Crippen molar-refractivity contribution in [1.82, 2.24) is 10.6 Å². The number of nitrogens with one attached hydrogen (secondary N) is 2. The second kappa shape index (κ2) is 4.64. The van der Waals surface area contributed by atoms with Crippen LogP contribution < -0.4 is 10.6 Å². The Morgan fingerprint density at radius 2 is 1.93 bits per heavy atom. The van der Waals surface area contributed by atoms with Gasteiger partial charge >= 0.3 is 0 Å². The third-order valence-corrected chi connectivity index (χ3v) is 2.85. The smallest absolute Gasteiger partial charge is 0.252 e. The second-order valence-corrected chi connectivity index (χ2v) is 4.45. The summed E-state index contributed by atoms with van der Waals surface area (Å²) in [4.78, 5) is 16.1. The van der Waals surface area contributed by atoms with Gasteiger partial charge in [0.1, 0.15) is 5.54 Å². The average molecular weight is 211 g/mol. The maximum atomic E-state index is 11.8. The molecule has 4 heteroatoms. The lowest BCUT2D eigenvalue weighted by Gasteiger charge is -2.22. The van der Waals surface area contributed by atoms with Gasteiger partial charge in [-0.05, 0) is 18.8 Å². The van der Waals surface area contributed by atoms with Crippen molar-refractivity contribution in [3.63, 3.8) is 0 Å². The summed E-state index contributed by atoms with van der Waals surface area (Å²) >= 11 is 0. The monoisotopic (exact) mass is 211 g/mol. The topological polar surface area (TPSA) is 53.5 Å². The Hall–Kier alpha value is -1.06. The molecular formula is C11H21N3O. The third-order valence-electron chi connectivity index (χ3n) is 2.85. The number of nitrogens with zero attached hydrogens (tertiary/aromatic N) is 1. The summed E-state index contributed by atoms with van der Waals surface area (Å²) in [5, 5.41) is 6.00. The van der Waals surface area contributed by atoms with Crippen molar-refractivity contribution >= 4 is 11.9 Å². The lowest BCUT2D eigenvalue weighted by Crippen LogP contribution is -2.45. The van der Waals surface area contributed by atoms with E-state index in [1.807, 2.05) is 13.8 Å². The minimum absolute atomic E-state index is 0.0509. The fourth-order valence-corrected chi connectivity index (χ4v) is 1.64. The van der Waals surface area contributed by atoms with Gasteiger partial charge in [-0.1, -0.05) is 27.7 Å². The molecule has 1 aliphatic heterocycles. The molecule has 0 unspecified atom stereocenters. The Morgan fingerprint density at radius 1 is 1.33 bits per heavy atom. The highest BCUT2D eigenvalue weighted by Crippen LogP contribution is 2.18. The predicted octanol–water partition coefficient (Wildman–Crippen LogP) is 1.28. The van der Waals surface area contributed by atoms with E-state index in [4.69, 9.17) is 0 Å². The quantitative estimate of drug-likeness (QED) is 0.736. The number of carbonyl (C=O) groups excluding carboxylic acids is 1. The first-order chi connectivity index (χ1) is 7.04. The van der Waals surface area contributed by atoms with E-state index in [1.165, 1.54) is 0 Å². The van der Waals surface area contributed by atoms with Gasteiger partial charge in [0.05, 0.1) is 0 Å². The molecule has 0 aliphatic carbocycles. The van der Waals surface area contributed by atoms with Gasteiger partial charge in [0.25, 0.3) is 5.91 Å². The minimum Gasteiger partial charge on any atom is -0.342 e. The third kappa shape index (κ3) is 2.49. The Morgan fingerprint density at radius 3 is 2.33 bits per heavy atom. The summed E-state index contributed by atoms with van der Waals surface area (Å²) in [6, 6.07) is 0. The van der Waals surface area contributed by atoms with Crippen LogP contribution in [0.25, 0.3) is 0 Å². The minimum atomic E-state index is -0.435. The van der Waals surface area contributed by atoms with Gasteiger partial charge in [0.15, 0.2) is 5.96 Å². The van der Waals surface area contributed by atoms with Gasteiger partial charge < -0.3 is 5.32 Å². The highest BCUT2D eigenvalue weighted by atomic mass is 16.2. The molecule has 0 aromatic heterocycles. The lowest BCUT2D eigenvalue weighted by atomic mass is 9.93. The second-order valence-electron chi connectivity index (χ2n) is 4.45. The SMILES string of the molecule is CCC1(CC)NC(=NCC(C)C)NC1=O. The molecule has 1 fully saturated rings. The molecule has 2 N–H and O–H groups in total. The summed E-state index contributed by atoms with van der Waals surface area (Å²) in [5.41, 5.74) is -0.435. The van der Waals surface area contributed by atoms with Crippen molar-refractivity contribution in [2.45, 2.75) is 46.1 Å². The van der Waals surface area contributed by atoms with Gasteiger partial charge in [-0.2, -0.15) is 0 Å². The van der Waals surface area contributed by atoms with E-state index in [-0.39, 0.29) is 5.91 Å².